The van der Waals surface area contributed by atoms with Crippen molar-refractivity contribution in [2.45, 2.75) is 38.5 Å². The normalized spacial score (nSPS) is 11.9. The van der Waals surface area contributed by atoms with Crippen LogP contribution in [-0.4, -0.2) is 41.7 Å². The van der Waals surface area contributed by atoms with E-state index in [0.29, 0.717) is 13.2 Å². The molecule has 0 aromatic heterocycles. The van der Waals surface area contributed by atoms with E-state index in [0.717, 1.165) is 34.1 Å². The van der Waals surface area contributed by atoms with Gasteiger partial charge in [0.1, 0.15) is 0 Å². The van der Waals surface area contributed by atoms with Crippen molar-refractivity contribution in [3.05, 3.63) is 47.5 Å². The lowest BCUT2D eigenvalue weighted by molar-refractivity contribution is 0.0632. The largest absolute Gasteiger partial charge is 0.493 e. The van der Waals surface area contributed by atoms with Gasteiger partial charge in [-0.25, -0.2) is 0 Å². The van der Waals surface area contributed by atoms with Crippen LogP contribution in [0, 0.1) is 0 Å². The van der Waals surface area contributed by atoms with E-state index in [-0.39, 0.29) is 10.8 Å². The smallest absolute Gasteiger partial charge is 0.161 e. The van der Waals surface area contributed by atoms with Gasteiger partial charge in [0.15, 0.2) is 23.0 Å². The lowest BCUT2D eigenvalue weighted by Gasteiger charge is -2.30. The van der Waals surface area contributed by atoms with Crippen molar-refractivity contribution in [2.24, 2.45) is 0 Å². The van der Waals surface area contributed by atoms with Gasteiger partial charge < -0.3 is 23.7 Å². The minimum Gasteiger partial charge on any atom is -0.493 e. The SMILES string of the molecule is COc1ccc(C(C)(C)COCC(C)(C)c2ccc(OC)c(OC)c2)cc1OC. The molecule has 0 bridgehead atoms. The van der Waals surface area contributed by atoms with Crippen LogP contribution in [0.2, 0.25) is 0 Å². The van der Waals surface area contributed by atoms with Crippen LogP contribution in [0.4, 0.5) is 0 Å². The predicted octanol–water partition coefficient (Wildman–Crippen LogP) is 4.99. The van der Waals surface area contributed by atoms with Gasteiger partial charge in [0.25, 0.3) is 0 Å². The zero-order valence-corrected chi connectivity index (χ0v) is 18.9. The van der Waals surface area contributed by atoms with E-state index in [1.807, 2.05) is 24.3 Å². The number of hydrogen-bond donors (Lipinski definition) is 0. The first kappa shape index (κ1) is 22.9. The highest BCUT2D eigenvalue weighted by Crippen LogP contribution is 2.35. The maximum atomic E-state index is 6.19. The fraction of sp³-hybridized carbons (Fsp3) is 0.500. The van der Waals surface area contributed by atoms with Crippen molar-refractivity contribution in [3.63, 3.8) is 0 Å². The average Bonchev–Trinajstić information content (AvgIpc) is 2.72. The molecule has 0 saturated carbocycles. The Morgan fingerprint density at radius 1 is 0.552 bits per heavy atom. The first-order chi connectivity index (χ1) is 13.7. The van der Waals surface area contributed by atoms with Crippen molar-refractivity contribution >= 4 is 0 Å². The second kappa shape index (κ2) is 9.40. The Balaban J connectivity index is 2.09. The molecule has 0 aliphatic rings. The molecule has 160 valence electrons. The molecule has 0 fully saturated rings. The molecule has 0 aliphatic heterocycles. The van der Waals surface area contributed by atoms with Crippen molar-refractivity contribution in [1.29, 1.82) is 0 Å². The molecule has 0 radical (unpaired) electrons. The Bertz CT molecular complexity index is 743. The second-order valence-corrected chi connectivity index (χ2v) is 8.40. The third-order valence-electron chi connectivity index (χ3n) is 5.26. The van der Waals surface area contributed by atoms with Crippen LogP contribution in [0.15, 0.2) is 36.4 Å². The average molecular weight is 403 g/mol. The topological polar surface area (TPSA) is 46.2 Å². The minimum atomic E-state index is -0.173. The van der Waals surface area contributed by atoms with Gasteiger partial charge in [-0.05, 0) is 35.4 Å². The number of methoxy groups -OCH3 is 4. The fourth-order valence-corrected chi connectivity index (χ4v) is 3.24. The van der Waals surface area contributed by atoms with Gasteiger partial charge in [-0.1, -0.05) is 39.8 Å². The summed E-state index contributed by atoms with van der Waals surface area (Å²) in [7, 11) is 6.58. The minimum absolute atomic E-state index is 0.173. The van der Waals surface area contributed by atoms with Gasteiger partial charge in [-0.15, -0.1) is 0 Å². The lowest BCUT2D eigenvalue weighted by atomic mass is 9.84. The van der Waals surface area contributed by atoms with E-state index < -0.39 is 0 Å². The summed E-state index contributed by atoms with van der Waals surface area (Å²) in [5.74, 6) is 2.90. The lowest BCUT2D eigenvalue weighted by Crippen LogP contribution is -2.30. The number of ether oxygens (including phenoxy) is 5. The molecule has 0 saturated heterocycles. The van der Waals surface area contributed by atoms with Gasteiger partial charge in [-0.2, -0.15) is 0 Å². The number of benzene rings is 2. The van der Waals surface area contributed by atoms with E-state index >= 15 is 0 Å². The van der Waals surface area contributed by atoms with Gasteiger partial charge in [0.2, 0.25) is 0 Å². The zero-order chi connectivity index (χ0) is 21.7. The van der Waals surface area contributed by atoms with Crippen LogP contribution in [-0.2, 0) is 15.6 Å². The van der Waals surface area contributed by atoms with Gasteiger partial charge >= 0.3 is 0 Å². The molecule has 2 aromatic rings. The Labute approximate surface area is 174 Å². The van der Waals surface area contributed by atoms with Gasteiger partial charge in [0, 0.05) is 10.8 Å². The van der Waals surface area contributed by atoms with Crippen LogP contribution in [0.3, 0.4) is 0 Å². The fourth-order valence-electron chi connectivity index (χ4n) is 3.24. The molecule has 0 N–H and O–H groups in total. The van der Waals surface area contributed by atoms with Crippen LogP contribution in [0.5, 0.6) is 23.0 Å². The summed E-state index contributed by atoms with van der Waals surface area (Å²) in [5.41, 5.74) is 1.93. The van der Waals surface area contributed by atoms with E-state index in [1.165, 1.54) is 0 Å². The first-order valence-electron chi connectivity index (χ1n) is 9.71. The van der Waals surface area contributed by atoms with E-state index in [4.69, 9.17) is 23.7 Å². The summed E-state index contributed by atoms with van der Waals surface area (Å²) in [6.45, 7) is 9.82. The zero-order valence-electron chi connectivity index (χ0n) is 18.9. The highest BCUT2D eigenvalue weighted by molar-refractivity contribution is 5.46. The number of rotatable bonds is 10. The molecular formula is C24H34O5. The maximum Gasteiger partial charge on any atom is 0.161 e. The monoisotopic (exact) mass is 402 g/mol. The summed E-state index contributed by atoms with van der Waals surface area (Å²) in [6, 6.07) is 12.0. The molecule has 0 atom stereocenters. The Hall–Kier alpha value is -2.40. The quantitative estimate of drug-likeness (QED) is 0.560. The highest BCUT2D eigenvalue weighted by Gasteiger charge is 2.27. The van der Waals surface area contributed by atoms with Crippen molar-refractivity contribution in [3.8, 4) is 23.0 Å². The van der Waals surface area contributed by atoms with Crippen LogP contribution in [0.25, 0.3) is 0 Å². The van der Waals surface area contributed by atoms with Crippen molar-refractivity contribution in [1.82, 2.24) is 0 Å². The molecule has 2 rings (SSSR count). The van der Waals surface area contributed by atoms with E-state index in [2.05, 4.69) is 39.8 Å². The maximum absolute atomic E-state index is 6.19. The third kappa shape index (κ3) is 5.36. The Morgan fingerprint density at radius 2 is 0.897 bits per heavy atom. The Kier molecular flexibility index (Phi) is 7.42. The molecule has 2 aromatic carbocycles. The van der Waals surface area contributed by atoms with Crippen molar-refractivity contribution in [2.75, 3.05) is 41.7 Å². The number of hydrogen-bond acceptors (Lipinski definition) is 5. The van der Waals surface area contributed by atoms with Crippen LogP contribution >= 0.6 is 0 Å². The molecule has 5 nitrogen and oxygen atoms in total. The molecule has 0 unspecified atom stereocenters. The summed E-state index contributed by atoms with van der Waals surface area (Å²) in [4.78, 5) is 0. The van der Waals surface area contributed by atoms with Gasteiger partial charge in [0.05, 0.1) is 41.7 Å². The molecule has 0 amide bonds. The molecule has 29 heavy (non-hydrogen) atoms. The second-order valence-electron chi connectivity index (χ2n) is 8.40. The summed E-state index contributed by atoms with van der Waals surface area (Å²) in [6.07, 6.45) is 0. The molecule has 0 aliphatic carbocycles. The van der Waals surface area contributed by atoms with E-state index in [1.54, 1.807) is 28.4 Å². The Morgan fingerprint density at radius 3 is 1.21 bits per heavy atom. The summed E-state index contributed by atoms with van der Waals surface area (Å²) < 4.78 is 27.7. The van der Waals surface area contributed by atoms with Gasteiger partial charge in [-0.3, -0.25) is 0 Å². The third-order valence-corrected chi connectivity index (χ3v) is 5.26. The first-order valence-corrected chi connectivity index (χ1v) is 9.71. The molecule has 5 heteroatoms. The standard InChI is InChI=1S/C24H34O5/c1-23(2,17-9-11-19(25-5)21(13-17)27-7)15-29-16-24(3,4)18-10-12-20(26-6)22(14-18)28-8/h9-14H,15-16H2,1-8H3. The van der Waals surface area contributed by atoms with Crippen molar-refractivity contribution < 1.29 is 23.7 Å². The predicted molar refractivity (Wildman–Crippen MR) is 116 cm³/mol. The molecule has 0 heterocycles. The van der Waals surface area contributed by atoms with E-state index in [9.17, 15) is 0 Å². The van der Waals surface area contributed by atoms with Crippen LogP contribution in [0.1, 0.15) is 38.8 Å². The van der Waals surface area contributed by atoms with Crippen LogP contribution < -0.4 is 18.9 Å². The highest BCUT2D eigenvalue weighted by atomic mass is 16.5. The molecule has 0 spiro atoms. The summed E-state index contributed by atoms with van der Waals surface area (Å²) >= 11 is 0. The molecular weight excluding hydrogens is 368 g/mol. The summed E-state index contributed by atoms with van der Waals surface area (Å²) in [5, 5.41) is 0.